The van der Waals surface area contributed by atoms with Crippen LogP contribution in [0.5, 0.6) is 0 Å². The van der Waals surface area contributed by atoms with E-state index in [-0.39, 0.29) is 74.4 Å². The largest absolute Gasteiger partial charge is 0.390 e. The van der Waals surface area contributed by atoms with Crippen LogP contribution in [-0.4, -0.2) is 218 Å². The molecule has 2 N–H and O–H groups in total. The molecule has 2 heterocycles. The van der Waals surface area contributed by atoms with E-state index in [9.17, 15) is 38.7 Å². The second-order valence-electron chi connectivity index (χ2n) is 29.0. The van der Waals surface area contributed by atoms with E-state index in [1.165, 1.54) is 90.6 Å². The van der Waals surface area contributed by atoms with Crippen LogP contribution < -0.4 is 5.32 Å². The van der Waals surface area contributed by atoms with Gasteiger partial charge in [-0.05, 0) is 113 Å². The predicted octanol–water partition coefficient (Wildman–Crippen LogP) is 6.72. The minimum atomic E-state index is -1.51. The van der Waals surface area contributed by atoms with Crippen molar-refractivity contribution in [3.8, 4) is 0 Å². The first-order chi connectivity index (χ1) is 42.0. The second kappa shape index (κ2) is 36.4. The van der Waals surface area contributed by atoms with Crippen molar-refractivity contribution in [2.45, 2.75) is 243 Å². The Morgan fingerprint density at radius 1 is 0.495 bits per heavy atom. The molecule has 8 amide bonds. The molecule has 91 heavy (non-hydrogen) atoms. The van der Waals surface area contributed by atoms with Crippen molar-refractivity contribution in [3.05, 3.63) is 18.0 Å². The molecule has 13 atom stereocenters. The maximum absolute atomic E-state index is 15.4. The first kappa shape index (κ1) is 81.0. The minimum absolute atomic E-state index is 0.0716. The topological polar surface area (TPSA) is 261 Å². The Balaban J connectivity index is 3.00. The Labute approximate surface area is 546 Å². The van der Waals surface area contributed by atoms with Gasteiger partial charge in [0, 0.05) is 99.6 Å². The molecule has 1 aromatic rings. The normalized spacial score (nSPS) is 26.9. The number of aryl methyl sites for hydroxylation is 2. The Hall–Kier alpha value is -6.06. The van der Waals surface area contributed by atoms with Crippen molar-refractivity contribution in [2.24, 2.45) is 66.2 Å². The number of nitrogens with zero attached hydrogens (tertiary/aromatic N) is 9. The van der Waals surface area contributed by atoms with Crippen molar-refractivity contribution in [3.63, 3.8) is 0 Å². The number of rotatable bonds is 17. The number of amides is 8. The standard InChI is InChI=1S/C69H120N10O12/c1-26-49-37-58(82)60(61(83)45(14)28-27-29-50-30-31-72(18)71-50)79(25)69(91)59(44(12)13)78(24)68(90)55(35-42(8)9)77(23)67(89)54(34-41(6)7)76(22)63(85)47(16)70-62(84)46(15)36-56(80)52(32-39(2)3)75(21)66(88)51(43(10)11)38-57(81)53(33-40(4)5)74(20)64(86)48(17)73(19)65(49)87/h30-31,39-49,51-55,59-61,83H,26-29,32-38H2,1-25H3,(H,70,84)/t45-,46+,47+,48-,49+,51-,52-,53+,54-,55-,59-,60+,61-/m1/s1. The van der Waals surface area contributed by atoms with Crippen molar-refractivity contribution < 1.29 is 57.8 Å². The zero-order valence-electron chi connectivity index (χ0n) is 60.4. The number of hydrogen-bond donors (Lipinski definition) is 2. The second-order valence-corrected chi connectivity index (χ2v) is 29.0. The van der Waals surface area contributed by atoms with E-state index < -0.39 is 155 Å². The van der Waals surface area contributed by atoms with Gasteiger partial charge >= 0.3 is 0 Å². The maximum Gasteiger partial charge on any atom is 0.246 e. The van der Waals surface area contributed by atoms with Gasteiger partial charge in [-0.3, -0.25) is 57.4 Å². The van der Waals surface area contributed by atoms with Gasteiger partial charge in [-0.25, -0.2) is 0 Å². The van der Waals surface area contributed by atoms with Gasteiger partial charge in [-0.15, -0.1) is 0 Å². The van der Waals surface area contributed by atoms with E-state index in [4.69, 9.17) is 0 Å². The number of aliphatic hydroxyl groups excluding tert-OH is 1. The molecule has 1 aliphatic rings. The van der Waals surface area contributed by atoms with Crippen LogP contribution in [0.4, 0.5) is 0 Å². The predicted molar refractivity (Wildman–Crippen MR) is 353 cm³/mol. The van der Waals surface area contributed by atoms with E-state index in [2.05, 4.69) is 10.4 Å². The number of aliphatic hydroxyl groups is 1. The van der Waals surface area contributed by atoms with Crippen LogP contribution in [0, 0.1) is 59.2 Å². The molecule has 1 aromatic heterocycles. The molecule has 0 unspecified atom stereocenters. The summed E-state index contributed by atoms with van der Waals surface area (Å²) in [7, 11) is 12.1. The summed E-state index contributed by atoms with van der Waals surface area (Å²) in [5.41, 5.74) is 0.843. The average Bonchev–Trinajstić information content (AvgIpc) is 1.24. The fourth-order valence-electron chi connectivity index (χ4n) is 12.6. The summed E-state index contributed by atoms with van der Waals surface area (Å²) in [5, 5.41) is 19.7. The Kier molecular flexibility index (Phi) is 32.4. The third-order valence-electron chi connectivity index (χ3n) is 18.7. The van der Waals surface area contributed by atoms with Gasteiger partial charge in [-0.2, -0.15) is 5.10 Å². The SMILES string of the molecule is CC[C@H]1CC(=O)[C@@H]([C@H](O)[C@H](C)CCCc2ccn(C)n2)N(C)C(=O)[C@@H](C(C)C)N(C)C(=O)[C@@H](CC(C)C)N(C)C(=O)[C@@H](CC(C)C)N(C)C(=O)[C@H](C)NC(=O)[C@@H](C)CC(=O)[C@@H](CC(C)C)N(C)C(=O)[C@@H](C(C)C)CC(=O)[C@H](CC(C)C)N(C)C(=O)[C@@H](C)N(C)C1=O. The number of hydrogen-bond acceptors (Lipinski definition) is 13. The number of nitrogens with one attached hydrogen (secondary N) is 1. The first-order valence-electron chi connectivity index (χ1n) is 33.5. The zero-order chi connectivity index (χ0) is 70.1. The molecule has 0 radical (unpaired) electrons. The lowest BCUT2D eigenvalue weighted by molar-refractivity contribution is -0.157. The number of Topliss-reactive ketones (excluding diaryl/α,β-unsaturated/α-hetero) is 3. The summed E-state index contributed by atoms with van der Waals surface area (Å²) in [6, 6.07) is -7.44. The maximum atomic E-state index is 15.4. The highest BCUT2D eigenvalue weighted by atomic mass is 16.3. The van der Waals surface area contributed by atoms with Gasteiger partial charge in [0.1, 0.15) is 36.3 Å². The van der Waals surface area contributed by atoms with E-state index in [0.29, 0.717) is 19.3 Å². The van der Waals surface area contributed by atoms with Crippen LogP contribution in [0.25, 0.3) is 0 Å². The van der Waals surface area contributed by atoms with Gasteiger partial charge in [0.15, 0.2) is 17.3 Å². The Bertz CT molecular complexity index is 2630. The lowest BCUT2D eigenvalue weighted by Gasteiger charge is -2.41. The Morgan fingerprint density at radius 2 is 0.934 bits per heavy atom. The van der Waals surface area contributed by atoms with E-state index in [0.717, 1.165) is 5.69 Å². The molecule has 0 saturated carbocycles. The van der Waals surface area contributed by atoms with Crippen LogP contribution in [0.3, 0.4) is 0 Å². The molecule has 1 aliphatic heterocycles. The number of aromatic nitrogens is 2. The van der Waals surface area contributed by atoms with Crippen molar-refractivity contribution in [1.29, 1.82) is 0 Å². The van der Waals surface area contributed by atoms with E-state index >= 15 is 19.2 Å². The summed E-state index contributed by atoms with van der Waals surface area (Å²) >= 11 is 0. The summed E-state index contributed by atoms with van der Waals surface area (Å²) in [4.78, 5) is 172. The quantitative estimate of drug-likeness (QED) is 0.164. The fourth-order valence-corrected chi connectivity index (χ4v) is 12.6. The van der Waals surface area contributed by atoms with Gasteiger partial charge in [-0.1, -0.05) is 104 Å². The van der Waals surface area contributed by atoms with Gasteiger partial charge < -0.3 is 44.7 Å². The number of ketones is 3. The van der Waals surface area contributed by atoms with Gasteiger partial charge in [0.05, 0.1) is 23.9 Å². The molecule has 22 nitrogen and oxygen atoms in total. The highest BCUT2D eigenvalue weighted by molar-refractivity contribution is 6.00. The monoisotopic (exact) mass is 1280 g/mol. The lowest BCUT2D eigenvalue weighted by Crippen LogP contribution is -2.61. The Morgan fingerprint density at radius 3 is 1.38 bits per heavy atom. The molecular weight excluding hydrogens is 1160 g/mol. The summed E-state index contributed by atoms with van der Waals surface area (Å²) in [6.45, 7) is 30.4. The van der Waals surface area contributed by atoms with Crippen LogP contribution in [0.15, 0.2) is 12.3 Å². The molecule has 0 bridgehead atoms. The zero-order valence-corrected chi connectivity index (χ0v) is 60.4. The number of carbonyl (C=O) groups is 11. The fraction of sp³-hybridized carbons (Fsp3) is 0.797. The van der Waals surface area contributed by atoms with Crippen LogP contribution in [0.1, 0.15) is 188 Å². The first-order valence-corrected chi connectivity index (χ1v) is 33.5. The molecule has 2 rings (SSSR count). The lowest BCUT2D eigenvalue weighted by atomic mass is 9.84. The smallest absolute Gasteiger partial charge is 0.246 e. The molecule has 0 aromatic carbocycles. The molecule has 1 saturated heterocycles. The van der Waals surface area contributed by atoms with Crippen molar-refractivity contribution >= 4 is 64.6 Å². The van der Waals surface area contributed by atoms with Gasteiger partial charge in [0.25, 0.3) is 0 Å². The summed E-state index contributed by atoms with van der Waals surface area (Å²) in [5.74, 6) is -10.9. The number of carbonyl (C=O) groups excluding carboxylic acids is 11. The minimum Gasteiger partial charge on any atom is -0.390 e. The van der Waals surface area contributed by atoms with Crippen molar-refractivity contribution in [2.75, 3.05) is 49.3 Å². The molecule has 0 spiro atoms. The van der Waals surface area contributed by atoms with Crippen molar-refractivity contribution in [1.82, 2.24) is 49.4 Å². The average molecular weight is 1280 g/mol. The summed E-state index contributed by atoms with van der Waals surface area (Å²) < 4.78 is 1.70. The van der Waals surface area contributed by atoms with Gasteiger partial charge in [0.2, 0.25) is 47.3 Å². The van der Waals surface area contributed by atoms with Crippen LogP contribution in [0.2, 0.25) is 0 Å². The van der Waals surface area contributed by atoms with Crippen LogP contribution in [-0.2, 0) is 66.2 Å². The third kappa shape index (κ3) is 22.3. The number of likely N-dealkylation sites (N-methyl/N-ethyl adjacent to an activating group) is 7. The third-order valence-corrected chi connectivity index (χ3v) is 18.7. The van der Waals surface area contributed by atoms with Crippen LogP contribution >= 0.6 is 0 Å². The highest BCUT2D eigenvalue weighted by Crippen LogP contribution is 2.30. The molecule has 0 aliphatic carbocycles. The van der Waals surface area contributed by atoms with E-state index in [1.54, 1.807) is 46.2 Å². The highest BCUT2D eigenvalue weighted by Gasteiger charge is 2.46. The molecule has 518 valence electrons. The summed E-state index contributed by atoms with van der Waals surface area (Å²) in [6.07, 6.45) is 1.93. The molecule has 1 fully saturated rings. The van der Waals surface area contributed by atoms with E-state index in [1.807, 2.05) is 88.5 Å². The molecule has 22 heteroatoms. The molecular formula is C69H120N10O12.